The molecule has 0 bridgehead atoms. The zero-order valence-electron chi connectivity index (χ0n) is 18.8. The maximum absolute atomic E-state index is 13.1. The molecule has 2 aromatic carbocycles. The molecule has 0 saturated heterocycles. The molecule has 4 rings (SSSR count). The molecule has 2 unspecified atom stereocenters. The van der Waals surface area contributed by atoms with Gasteiger partial charge in [-0.3, -0.25) is 9.69 Å². The Balaban J connectivity index is 1.60. The topological polar surface area (TPSA) is 41.6 Å². The van der Waals surface area contributed by atoms with Gasteiger partial charge in [-0.15, -0.1) is 0 Å². The average molecular weight is 417 g/mol. The Morgan fingerprint density at radius 3 is 2.71 bits per heavy atom. The van der Waals surface area contributed by atoms with E-state index in [9.17, 15) is 4.79 Å². The van der Waals surface area contributed by atoms with Gasteiger partial charge in [-0.05, 0) is 61.4 Å². The molecule has 0 radical (unpaired) electrons. The molecule has 2 atom stereocenters. The number of allylic oxidation sites excluding steroid dienone is 1. The van der Waals surface area contributed by atoms with Gasteiger partial charge in [-0.1, -0.05) is 54.6 Å². The molecule has 0 fully saturated rings. The van der Waals surface area contributed by atoms with Crippen molar-refractivity contribution in [1.29, 1.82) is 0 Å². The molecule has 1 heterocycles. The highest BCUT2D eigenvalue weighted by atomic mass is 16.5. The number of hydrogen-bond acceptors (Lipinski definition) is 3. The number of carbonyl (C=O) groups excluding carboxylic acids is 1. The highest BCUT2D eigenvalue weighted by Crippen LogP contribution is 2.41. The van der Waals surface area contributed by atoms with Crippen molar-refractivity contribution in [2.45, 2.75) is 45.2 Å². The van der Waals surface area contributed by atoms with Gasteiger partial charge < -0.3 is 10.1 Å². The summed E-state index contributed by atoms with van der Waals surface area (Å²) in [5.41, 5.74) is 7.53. The highest BCUT2D eigenvalue weighted by Gasteiger charge is 2.33. The molecule has 4 heteroatoms. The molecule has 162 valence electrons. The Kier molecular flexibility index (Phi) is 6.28. The first-order chi connectivity index (χ1) is 15.0. The number of rotatable bonds is 6. The lowest BCUT2D eigenvalue weighted by Crippen LogP contribution is -2.45. The van der Waals surface area contributed by atoms with E-state index in [2.05, 4.69) is 67.0 Å². The number of ether oxygens (including phenoxy) is 1. The smallest absolute Gasteiger partial charge is 0.234 e. The molecule has 0 aromatic heterocycles. The predicted molar refractivity (Wildman–Crippen MR) is 125 cm³/mol. The summed E-state index contributed by atoms with van der Waals surface area (Å²) in [6.45, 7) is 9.38. The van der Waals surface area contributed by atoms with E-state index in [0.717, 1.165) is 31.6 Å². The van der Waals surface area contributed by atoms with Crippen LogP contribution < -0.4 is 10.1 Å². The third kappa shape index (κ3) is 4.31. The van der Waals surface area contributed by atoms with Crippen LogP contribution in [0.5, 0.6) is 5.75 Å². The van der Waals surface area contributed by atoms with Crippen molar-refractivity contribution in [3.8, 4) is 5.75 Å². The summed E-state index contributed by atoms with van der Waals surface area (Å²) in [7, 11) is 1.72. The fourth-order valence-corrected chi connectivity index (χ4v) is 5.12. The lowest BCUT2D eigenvalue weighted by atomic mass is 9.85. The van der Waals surface area contributed by atoms with Gasteiger partial charge in [0.25, 0.3) is 0 Å². The largest absolute Gasteiger partial charge is 0.496 e. The predicted octanol–water partition coefficient (Wildman–Crippen LogP) is 4.73. The maximum Gasteiger partial charge on any atom is 0.234 e. The Labute approximate surface area is 185 Å². The first kappa shape index (κ1) is 21.4. The van der Waals surface area contributed by atoms with Crippen LogP contribution in [0.25, 0.3) is 0 Å². The van der Waals surface area contributed by atoms with Crippen LogP contribution in [0.15, 0.2) is 66.3 Å². The number of aryl methyl sites for hydroxylation is 1. The van der Waals surface area contributed by atoms with E-state index in [1.807, 2.05) is 12.1 Å². The van der Waals surface area contributed by atoms with Crippen molar-refractivity contribution in [3.05, 3.63) is 88.5 Å². The van der Waals surface area contributed by atoms with Gasteiger partial charge in [0.05, 0.1) is 19.7 Å². The van der Waals surface area contributed by atoms with Crippen LogP contribution in [0, 0.1) is 6.92 Å². The molecule has 31 heavy (non-hydrogen) atoms. The minimum absolute atomic E-state index is 0.000903. The van der Waals surface area contributed by atoms with E-state index >= 15 is 0 Å². The Hall–Kier alpha value is -2.85. The molecule has 0 spiro atoms. The first-order valence-corrected chi connectivity index (χ1v) is 11.1. The molecule has 1 aliphatic heterocycles. The Bertz CT molecular complexity index is 1010. The van der Waals surface area contributed by atoms with Gasteiger partial charge in [0, 0.05) is 18.2 Å². The van der Waals surface area contributed by atoms with Crippen molar-refractivity contribution >= 4 is 5.91 Å². The van der Waals surface area contributed by atoms with Crippen molar-refractivity contribution < 1.29 is 9.53 Å². The molecule has 4 nitrogen and oxygen atoms in total. The van der Waals surface area contributed by atoms with Crippen LogP contribution in [0.4, 0.5) is 0 Å². The summed E-state index contributed by atoms with van der Waals surface area (Å²) < 4.78 is 5.76. The minimum atomic E-state index is -0.000903. The fraction of sp³-hybridized carbons (Fsp3) is 0.370. The molecule has 1 amide bonds. The second-order valence-corrected chi connectivity index (χ2v) is 8.70. The van der Waals surface area contributed by atoms with Gasteiger partial charge in [0.1, 0.15) is 5.75 Å². The standard InChI is InChI=1S/C27H32N2O2/c1-5-20-16-22(15-19(20)3)28-25(30)17-29-14-13-21-10-8-12-24(31-4)26(21)27(29)23-11-7-6-9-18(23)2/h5-12,22,27H,1,13-17H2,2-4H3,(H,28,30). The Morgan fingerprint density at radius 1 is 1.19 bits per heavy atom. The normalized spacial score (nSPS) is 21.0. The van der Waals surface area contributed by atoms with E-state index in [0.29, 0.717) is 6.54 Å². The summed E-state index contributed by atoms with van der Waals surface area (Å²) >= 11 is 0. The maximum atomic E-state index is 13.1. The first-order valence-electron chi connectivity index (χ1n) is 11.1. The van der Waals surface area contributed by atoms with Gasteiger partial charge in [-0.25, -0.2) is 0 Å². The van der Waals surface area contributed by atoms with Gasteiger partial charge in [0.15, 0.2) is 0 Å². The molecule has 1 N–H and O–H groups in total. The van der Waals surface area contributed by atoms with E-state index in [4.69, 9.17) is 4.74 Å². The molecular formula is C27H32N2O2. The van der Waals surface area contributed by atoms with Crippen molar-refractivity contribution in [2.24, 2.45) is 0 Å². The zero-order valence-corrected chi connectivity index (χ0v) is 18.8. The average Bonchev–Trinajstić information content (AvgIpc) is 3.12. The van der Waals surface area contributed by atoms with Crippen LogP contribution in [0.2, 0.25) is 0 Å². The number of nitrogens with zero attached hydrogens (tertiary/aromatic N) is 1. The molecule has 1 aliphatic carbocycles. The van der Waals surface area contributed by atoms with E-state index in [1.165, 1.54) is 33.4 Å². The summed E-state index contributed by atoms with van der Waals surface area (Å²) in [5, 5.41) is 3.26. The van der Waals surface area contributed by atoms with Crippen molar-refractivity contribution in [3.63, 3.8) is 0 Å². The second kappa shape index (κ2) is 9.11. The van der Waals surface area contributed by atoms with Crippen LogP contribution in [0.1, 0.15) is 48.1 Å². The fourth-order valence-electron chi connectivity index (χ4n) is 5.12. The van der Waals surface area contributed by atoms with Crippen molar-refractivity contribution in [1.82, 2.24) is 10.2 Å². The summed E-state index contributed by atoms with van der Waals surface area (Å²) in [6.07, 6.45) is 4.61. The second-order valence-electron chi connectivity index (χ2n) is 8.70. The van der Waals surface area contributed by atoms with Crippen LogP contribution in [-0.4, -0.2) is 37.0 Å². The van der Waals surface area contributed by atoms with Crippen molar-refractivity contribution in [2.75, 3.05) is 20.2 Å². The number of fused-ring (bicyclic) bond motifs is 1. The zero-order chi connectivity index (χ0) is 22.0. The highest BCUT2D eigenvalue weighted by molar-refractivity contribution is 5.79. The lowest BCUT2D eigenvalue weighted by molar-refractivity contribution is -0.123. The van der Waals surface area contributed by atoms with E-state index < -0.39 is 0 Å². The van der Waals surface area contributed by atoms with Gasteiger partial charge >= 0.3 is 0 Å². The number of benzene rings is 2. The van der Waals surface area contributed by atoms with Gasteiger partial charge in [0.2, 0.25) is 5.91 Å². The van der Waals surface area contributed by atoms with E-state index in [-0.39, 0.29) is 18.0 Å². The SMILES string of the molecule is C=CC1=C(C)CC(NC(=O)CN2CCc3cccc(OC)c3C2c2ccccc2C)C1. The number of methoxy groups -OCH3 is 1. The number of carbonyl (C=O) groups is 1. The third-order valence-electron chi connectivity index (χ3n) is 6.69. The van der Waals surface area contributed by atoms with E-state index in [1.54, 1.807) is 7.11 Å². The Morgan fingerprint density at radius 2 is 2.00 bits per heavy atom. The van der Waals surface area contributed by atoms with Crippen LogP contribution in [-0.2, 0) is 11.2 Å². The van der Waals surface area contributed by atoms with Crippen LogP contribution >= 0.6 is 0 Å². The summed E-state index contributed by atoms with van der Waals surface area (Å²) in [6, 6.07) is 14.9. The minimum Gasteiger partial charge on any atom is -0.496 e. The lowest BCUT2D eigenvalue weighted by Gasteiger charge is -2.38. The molecular weight excluding hydrogens is 384 g/mol. The molecule has 2 aliphatic rings. The molecule has 2 aromatic rings. The third-order valence-corrected chi connectivity index (χ3v) is 6.69. The monoisotopic (exact) mass is 416 g/mol. The molecule has 0 saturated carbocycles. The quantitative estimate of drug-likeness (QED) is 0.740. The summed E-state index contributed by atoms with van der Waals surface area (Å²) in [4.78, 5) is 15.4. The van der Waals surface area contributed by atoms with Gasteiger partial charge in [-0.2, -0.15) is 0 Å². The summed E-state index contributed by atoms with van der Waals surface area (Å²) in [5.74, 6) is 0.974. The number of amides is 1. The number of hydrogen-bond donors (Lipinski definition) is 1. The number of nitrogens with one attached hydrogen (secondary N) is 1. The van der Waals surface area contributed by atoms with Crippen LogP contribution in [0.3, 0.4) is 0 Å².